The van der Waals surface area contributed by atoms with Crippen LogP contribution in [-0.4, -0.2) is 16.3 Å². The zero-order valence-electron chi connectivity index (χ0n) is 15.0. The maximum absolute atomic E-state index is 12.9. The van der Waals surface area contributed by atoms with Crippen molar-refractivity contribution in [3.05, 3.63) is 34.9 Å². The fourth-order valence-corrected chi connectivity index (χ4v) is 2.16. The van der Waals surface area contributed by atoms with Gasteiger partial charge in [-0.25, -0.2) is 0 Å². The van der Waals surface area contributed by atoms with Crippen LogP contribution < -0.4 is 0 Å². The molecule has 0 bridgehead atoms. The number of carbonyl (C=O) groups excluding carboxylic acids is 1. The third kappa shape index (κ3) is 2.05. The molecule has 18 heavy (non-hydrogen) atoms. The van der Waals surface area contributed by atoms with Crippen LogP contribution in [0.1, 0.15) is 67.1 Å². The van der Waals surface area contributed by atoms with Gasteiger partial charge in [-0.1, -0.05) is 38.9 Å². The van der Waals surface area contributed by atoms with E-state index in [2.05, 4.69) is 0 Å². The third-order valence-electron chi connectivity index (χ3n) is 3.07. The summed E-state index contributed by atoms with van der Waals surface area (Å²) in [7, 11) is 0. The van der Waals surface area contributed by atoms with Gasteiger partial charge in [0.05, 0.1) is 4.11 Å². The summed E-state index contributed by atoms with van der Waals surface area (Å²) in [4.78, 5) is 14.2. The molecule has 1 aromatic rings. The van der Waals surface area contributed by atoms with Crippen molar-refractivity contribution in [1.82, 2.24) is 4.90 Å². The summed E-state index contributed by atoms with van der Waals surface area (Å²) in [6.45, 7) is 9.47. The van der Waals surface area contributed by atoms with Crippen molar-refractivity contribution >= 4 is 5.91 Å². The lowest BCUT2D eigenvalue weighted by molar-refractivity contribution is 0.0608. The molecule has 2 rings (SSSR count). The summed E-state index contributed by atoms with van der Waals surface area (Å²) in [5, 5.41) is 0. The van der Waals surface area contributed by atoms with E-state index in [1.54, 1.807) is 12.1 Å². The summed E-state index contributed by atoms with van der Waals surface area (Å²) >= 11 is 0. The highest BCUT2D eigenvalue weighted by Crippen LogP contribution is 2.35. The molecule has 1 aliphatic rings. The number of hydrogen-bond acceptors (Lipinski definition) is 1. The second kappa shape index (κ2) is 3.84. The summed E-state index contributed by atoms with van der Waals surface area (Å²) in [5.74, 6) is -0.318. The summed E-state index contributed by atoms with van der Waals surface area (Å²) < 4.78 is 24.9. The lowest BCUT2D eigenvalue weighted by atomic mass is 9.82. The predicted octanol–water partition coefficient (Wildman–Crippen LogP) is 3.74. The Labute approximate surface area is 114 Å². The van der Waals surface area contributed by atoms with Crippen molar-refractivity contribution in [2.45, 2.75) is 59.0 Å². The first-order valence-electron chi connectivity index (χ1n) is 7.79. The molecule has 2 heteroatoms. The van der Waals surface area contributed by atoms with Crippen LogP contribution in [0.4, 0.5) is 0 Å². The lowest BCUT2D eigenvalue weighted by Crippen LogP contribution is -2.41. The van der Waals surface area contributed by atoms with Gasteiger partial charge in [0.15, 0.2) is 0 Å². The molecule has 1 aromatic carbocycles. The Morgan fingerprint density at radius 1 is 1.28 bits per heavy atom. The molecule has 0 saturated heterocycles. The third-order valence-corrected chi connectivity index (χ3v) is 3.07. The Balaban J connectivity index is 2.82. The van der Waals surface area contributed by atoms with Gasteiger partial charge in [-0.2, -0.15) is 0 Å². The number of nitrogens with zero attached hydrogens (tertiary/aromatic N) is 1. The van der Waals surface area contributed by atoms with Crippen molar-refractivity contribution in [1.29, 1.82) is 0 Å². The maximum Gasteiger partial charge on any atom is 0.255 e. The first-order valence-corrected chi connectivity index (χ1v) is 6.29. The van der Waals surface area contributed by atoms with E-state index in [9.17, 15) is 4.79 Å². The number of carbonyl (C=O) groups is 1. The second-order valence-electron chi connectivity index (χ2n) is 6.81. The van der Waals surface area contributed by atoms with Gasteiger partial charge < -0.3 is 4.90 Å². The minimum absolute atomic E-state index is 0.293. The first kappa shape index (κ1) is 9.60. The van der Waals surface area contributed by atoms with Gasteiger partial charge in [-0.05, 0) is 37.3 Å². The van der Waals surface area contributed by atoms with E-state index in [-0.39, 0.29) is 11.3 Å². The van der Waals surface area contributed by atoms with Crippen LogP contribution >= 0.6 is 0 Å². The number of hydrogen-bond donors (Lipinski definition) is 0. The van der Waals surface area contributed by atoms with Gasteiger partial charge in [-0.3, -0.25) is 4.79 Å². The fraction of sp³-hybridized carbons (Fsp3) is 0.562. The highest BCUT2D eigenvalue weighted by Gasteiger charge is 2.37. The molecule has 0 aromatic heterocycles. The Hall–Kier alpha value is -1.31. The topological polar surface area (TPSA) is 20.3 Å². The molecule has 0 saturated carbocycles. The quantitative estimate of drug-likeness (QED) is 0.685. The van der Waals surface area contributed by atoms with Gasteiger partial charge in [0, 0.05) is 17.6 Å². The van der Waals surface area contributed by atoms with Gasteiger partial charge in [-0.15, -0.1) is 0 Å². The van der Waals surface area contributed by atoms with E-state index >= 15 is 0 Å². The van der Waals surface area contributed by atoms with Gasteiger partial charge >= 0.3 is 0 Å². The summed E-state index contributed by atoms with van der Waals surface area (Å²) in [5.41, 5.74) is 0.359. The van der Waals surface area contributed by atoms with Crippen molar-refractivity contribution < 1.29 is 8.91 Å². The molecule has 0 radical (unpaired) electrons. The van der Waals surface area contributed by atoms with Crippen molar-refractivity contribution in [2.75, 3.05) is 0 Å². The zero-order chi connectivity index (χ0) is 16.4. The average Bonchev–Trinajstić information content (AvgIpc) is 2.43. The molecule has 2 nitrogen and oxygen atoms in total. The summed E-state index contributed by atoms with van der Waals surface area (Å²) in [6.07, 6.45) is 0. The van der Waals surface area contributed by atoms with Crippen LogP contribution in [-0.2, 0) is 11.9 Å². The largest absolute Gasteiger partial charge is 0.329 e. The Kier molecular flexibility index (Phi) is 2.05. The standard InChI is InChI=1S/C16H23NO/c1-15(2,3)12-9-7-8-11-10-17(16(4,5)6)14(18)13(11)12/h7-9H,10H2,1-6H3/i9D,10D2. The van der Waals surface area contributed by atoms with Crippen LogP contribution in [0.15, 0.2) is 18.2 Å². The van der Waals surface area contributed by atoms with Crippen LogP contribution in [0.25, 0.3) is 0 Å². The average molecular weight is 248 g/mol. The van der Waals surface area contributed by atoms with Crippen molar-refractivity contribution in [2.24, 2.45) is 0 Å². The van der Waals surface area contributed by atoms with E-state index in [0.717, 1.165) is 0 Å². The molecular weight excluding hydrogens is 222 g/mol. The monoisotopic (exact) mass is 248 g/mol. The van der Waals surface area contributed by atoms with Crippen LogP contribution in [0.2, 0.25) is 0 Å². The summed E-state index contributed by atoms with van der Waals surface area (Å²) in [6, 6.07) is 3.47. The molecule has 98 valence electrons. The molecule has 0 spiro atoms. The maximum atomic E-state index is 12.9. The minimum atomic E-state index is -1.85. The molecule has 0 atom stereocenters. The normalized spacial score (nSPS) is 21.3. The van der Waals surface area contributed by atoms with Crippen LogP contribution in [0, 0.1) is 0 Å². The van der Waals surface area contributed by atoms with Crippen molar-refractivity contribution in [3.8, 4) is 0 Å². The molecule has 0 fully saturated rings. The van der Waals surface area contributed by atoms with E-state index in [0.29, 0.717) is 22.7 Å². The number of rotatable bonds is 0. The van der Waals surface area contributed by atoms with Crippen LogP contribution in [0.3, 0.4) is 0 Å². The van der Waals surface area contributed by atoms with E-state index < -0.39 is 12.0 Å². The lowest BCUT2D eigenvalue weighted by Gasteiger charge is -2.32. The Morgan fingerprint density at radius 2 is 1.89 bits per heavy atom. The molecule has 1 heterocycles. The SMILES string of the molecule is [2H]c1ccc2c(c1C(C)(C)C)C(=O)N(C(C)(C)C)C2([2H])[2H]. The number of fused-ring (bicyclic) bond motifs is 1. The van der Waals surface area contributed by atoms with Gasteiger partial charge in [0.1, 0.15) is 0 Å². The zero-order valence-corrected chi connectivity index (χ0v) is 12.0. The molecular formula is C16H23NO. The van der Waals surface area contributed by atoms with E-state index in [4.69, 9.17) is 4.11 Å². The molecule has 1 amide bonds. The van der Waals surface area contributed by atoms with Crippen molar-refractivity contribution in [3.63, 3.8) is 0 Å². The molecule has 0 aliphatic carbocycles. The number of amides is 1. The fourth-order valence-electron chi connectivity index (χ4n) is 2.16. The molecule has 0 unspecified atom stereocenters. The van der Waals surface area contributed by atoms with Gasteiger partial charge in [0.25, 0.3) is 5.91 Å². The van der Waals surface area contributed by atoms with E-state index in [1.807, 2.05) is 41.5 Å². The van der Waals surface area contributed by atoms with Crippen LogP contribution in [0.5, 0.6) is 0 Å². The second-order valence-corrected chi connectivity index (χ2v) is 6.81. The van der Waals surface area contributed by atoms with E-state index in [1.165, 1.54) is 4.90 Å². The first-order chi connectivity index (χ1) is 9.29. The van der Waals surface area contributed by atoms with Gasteiger partial charge in [0.2, 0.25) is 0 Å². The predicted molar refractivity (Wildman–Crippen MR) is 74.8 cm³/mol. The Bertz CT molecular complexity index is 609. The smallest absolute Gasteiger partial charge is 0.255 e. The number of benzene rings is 1. The molecule has 1 aliphatic heterocycles. The Morgan fingerprint density at radius 3 is 2.39 bits per heavy atom. The highest BCUT2D eigenvalue weighted by atomic mass is 16.2. The minimum Gasteiger partial charge on any atom is -0.329 e. The highest BCUT2D eigenvalue weighted by molar-refractivity contribution is 6.00. The molecule has 0 N–H and O–H groups in total.